The fourth-order valence-corrected chi connectivity index (χ4v) is 3.56. The molecule has 3 rings (SSSR count). The van der Waals surface area contributed by atoms with Crippen LogP contribution in [0, 0.1) is 12.8 Å². The molecule has 122 valence electrons. The molecule has 1 aliphatic rings. The molecule has 23 heavy (non-hydrogen) atoms. The van der Waals surface area contributed by atoms with Gasteiger partial charge < -0.3 is 5.32 Å². The first-order valence-corrected chi connectivity index (χ1v) is 8.86. The van der Waals surface area contributed by atoms with Crippen LogP contribution in [0.25, 0.3) is 0 Å². The van der Waals surface area contributed by atoms with E-state index >= 15 is 0 Å². The third-order valence-electron chi connectivity index (χ3n) is 4.90. The Kier molecular flexibility index (Phi) is 5.76. The number of benzene rings is 1. The molecular weight excluding hydrogens is 282 g/mol. The lowest BCUT2D eigenvalue weighted by atomic mass is 9.81. The summed E-state index contributed by atoms with van der Waals surface area (Å²) in [6.07, 6.45) is 11.7. The first-order chi connectivity index (χ1) is 11.3. The van der Waals surface area contributed by atoms with E-state index in [4.69, 9.17) is 0 Å². The molecule has 1 atom stereocenters. The van der Waals surface area contributed by atoms with E-state index in [0.717, 1.165) is 30.3 Å². The van der Waals surface area contributed by atoms with Gasteiger partial charge in [-0.05, 0) is 37.7 Å². The molecule has 0 saturated heterocycles. The van der Waals surface area contributed by atoms with Crippen molar-refractivity contribution in [3.8, 4) is 0 Å². The van der Waals surface area contributed by atoms with Crippen LogP contribution in [0.5, 0.6) is 0 Å². The van der Waals surface area contributed by atoms with E-state index in [9.17, 15) is 0 Å². The smallest absolute Gasteiger partial charge is 0.0724 e. The molecule has 1 fully saturated rings. The molecule has 3 heteroatoms. The number of aromatic nitrogens is 2. The van der Waals surface area contributed by atoms with E-state index in [0.29, 0.717) is 6.04 Å². The zero-order chi connectivity index (χ0) is 15.9. The monoisotopic (exact) mass is 309 g/mol. The Bertz CT molecular complexity index is 574. The number of hydrogen-bond donors (Lipinski definition) is 1. The maximum Gasteiger partial charge on any atom is 0.0724 e. The van der Waals surface area contributed by atoms with Crippen LogP contribution in [-0.4, -0.2) is 16.0 Å². The Hall–Kier alpha value is -1.74. The van der Waals surface area contributed by atoms with Gasteiger partial charge in [0.25, 0.3) is 0 Å². The Morgan fingerprint density at radius 2 is 1.83 bits per heavy atom. The lowest BCUT2D eigenvalue weighted by Gasteiger charge is -2.31. The maximum absolute atomic E-state index is 4.48. The Morgan fingerprint density at radius 1 is 1.04 bits per heavy atom. The summed E-state index contributed by atoms with van der Waals surface area (Å²) in [7, 11) is 0. The summed E-state index contributed by atoms with van der Waals surface area (Å²) in [6.45, 7) is 2.78. The second-order valence-corrected chi connectivity index (χ2v) is 6.72. The standard InChI is InChI=1S/C20H27N3/c1-16-13-22-19(14-21-16)15-23-20(18-10-6-3-7-11-18)12-17-8-4-2-5-9-17/h2,4-5,8-9,13-14,18,20,23H,3,6-7,10-12,15H2,1H3/t20-/m0/s1. The van der Waals surface area contributed by atoms with E-state index in [1.807, 2.05) is 19.3 Å². The summed E-state index contributed by atoms with van der Waals surface area (Å²) in [6, 6.07) is 11.4. The fraction of sp³-hybridized carbons (Fsp3) is 0.500. The predicted octanol–water partition coefficient (Wildman–Crippen LogP) is 4.07. The van der Waals surface area contributed by atoms with Crippen molar-refractivity contribution < 1.29 is 0 Å². The minimum atomic E-state index is 0.529. The van der Waals surface area contributed by atoms with E-state index in [1.165, 1.54) is 37.7 Å². The Balaban J connectivity index is 1.65. The van der Waals surface area contributed by atoms with Crippen LogP contribution in [0.3, 0.4) is 0 Å². The van der Waals surface area contributed by atoms with Crippen molar-refractivity contribution in [1.29, 1.82) is 0 Å². The average Bonchev–Trinajstić information content (AvgIpc) is 2.61. The molecular formula is C20H27N3. The summed E-state index contributed by atoms with van der Waals surface area (Å²) in [5, 5.41) is 3.77. The summed E-state index contributed by atoms with van der Waals surface area (Å²) in [5.74, 6) is 0.780. The van der Waals surface area contributed by atoms with Gasteiger partial charge in [-0.1, -0.05) is 49.6 Å². The van der Waals surface area contributed by atoms with Crippen molar-refractivity contribution in [2.75, 3.05) is 0 Å². The van der Waals surface area contributed by atoms with Crippen molar-refractivity contribution >= 4 is 0 Å². The van der Waals surface area contributed by atoms with Gasteiger partial charge >= 0.3 is 0 Å². The quantitative estimate of drug-likeness (QED) is 0.874. The molecule has 1 aromatic heterocycles. The lowest BCUT2D eigenvalue weighted by Crippen LogP contribution is -2.38. The summed E-state index contributed by atoms with van der Waals surface area (Å²) in [4.78, 5) is 8.83. The minimum Gasteiger partial charge on any atom is -0.308 e. The molecule has 0 spiro atoms. The van der Waals surface area contributed by atoms with Crippen LogP contribution in [-0.2, 0) is 13.0 Å². The van der Waals surface area contributed by atoms with Gasteiger partial charge in [0, 0.05) is 25.0 Å². The highest BCUT2D eigenvalue weighted by Crippen LogP contribution is 2.28. The van der Waals surface area contributed by atoms with Gasteiger partial charge in [0.1, 0.15) is 0 Å². The number of nitrogens with one attached hydrogen (secondary N) is 1. The van der Waals surface area contributed by atoms with Crippen LogP contribution in [0.15, 0.2) is 42.7 Å². The number of aryl methyl sites for hydroxylation is 1. The van der Waals surface area contributed by atoms with Gasteiger partial charge in [0.05, 0.1) is 11.4 Å². The van der Waals surface area contributed by atoms with Gasteiger partial charge in [0.15, 0.2) is 0 Å². The topological polar surface area (TPSA) is 37.8 Å². The van der Waals surface area contributed by atoms with Crippen molar-refractivity contribution in [2.24, 2.45) is 5.92 Å². The van der Waals surface area contributed by atoms with Gasteiger partial charge in [-0.2, -0.15) is 0 Å². The summed E-state index contributed by atoms with van der Waals surface area (Å²) < 4.78 is 0. The third kappa shape index (κ3) is 4.87. The molecule has 0 unspecified atom stereocenters. The molecule has 2 aromatic rings. The summed E-state index contributed by atoms with van der Waals surface area (Å²) >= 11 is 0. The van der Waals surface area contributed by atoms with Gasteiger partial charge in [-0.3, -0.25) is 9.97 Å². The maximum atomic E-state index is 4.48. The minimum absolute atomic E-state index is 0.529. The average molecular weight is 309 g/mol. The fourth-order valence-electron chi connectivity index (χ4n) is 3.56. The Morgan fingerprint density at radius 3 is 2.52 bits per heavy atom. The second-order valence-electron chi connectivity index (χ2n) is 6.72. The molecule has 0 radical (unpaired) electrons. The van der Waals surface area contributed by atoms with Crippen molar-refractivity contribution in [3.63, 3.8) is 0 Å². The molecule has 0 aliphatic heterocycles. The zero-order valence-electron chi connectivity index (χ0n) is 14.0. The van der Waals surface area contributed by atoms with Crippen molar-refractivity contribution in [1.82, 2.24) is 15.3 Å². The van der Waals surface area contributed by atoms with Crippen LogP contribution >= 0.6 is 0 Å². The van der Waals surface area contributed by atoms with Gasteiger partial charge in [0.2, 0.25) is 0 Å². The molecule has 0 bridgehead atoms. The van der Waals surface area contributed by atoms with Gasteiger partial charge in [-0.25, -0.2) is 0 Å². The first-order valence-electron chi connectivity index (χ1n) is 8.86. The predicted molar refractivity (Wildman–Crippen MR) is 94.1 cm³/mol. The molecule has 1 saturated carbocycles. The van der Waals surface area contributed by atoms with E-state index in [1.54, 1.807) is 0 Å². The Labute approximate surface area is 139 Å². The van der Waals surface area contributed by atoms with Crippen LogP contribution in [0.1, 0.15) is 49.1 Å². The van der Waals surface area contributed by atoms with E-state index in [2.05, 4.69) is 45.6 Å². The molecule has 3 nitrogen and oxygen atoms in total. The van der Waals surface area contributed by atoms with Crippen LogP contribution < -0.4 is 5.32 Å². The summed E-state index contributed by atoms with van der Waals surface area (Å²) in [5.41, 5.74) is 3.43. The van der Waals surface area contributed by atoms with Gasteiger partial charge in [-0.15, -0.1) is 0 Å². The first kappa shape index (κ1) is 16.1. The molecule has 1 N–H and O–H groups in total. The largest absolute Gasteiger partial charge is 0.308 e. The lowest BCUT2D eigenvalue weighted by molar-refractivity contribution is 0.265. The molecule has 1 aromatic carbocycles. The molecule has 0 amide bonds. The highest BCUT2D eigenvalue weighted by atomic mass is 14.9. The van der Waals surface area contributed by atoms with Crippen LogP contribution in [0.4, 0.5) is 0 Å². The molecule has 1 aliphatic carbocycles. The zero-order valence-corrected chi connectivity index (χ0v) is 14.0. The number of rotatable bonds is 6. The van der Waals surface area contributed by atoms with Crippen molar-refractivity contribution in [3.05, 3.63) is 59.7 Å². The third-order valence-corrected chi connectivity index (χ3v) is 4.90. The van der Waals surface area contributed by atoms with E-state index < -0.39 is 0 Å². The highest BCUT2D eigenvalue weighted by Gasteiger charge is 2.23. The number of nitrogens with zero attached hydrogens (tertiary/aromatic N) is 2. The van der Waals surface area contributed by atoms with Crippen molar-refractivity contribution in [2.45, 2.75) is 58.0 Å². The van der Waals surface area contributed by atoms with E-state index in [-0.39, 0.29) is 0 Å². The second kappa shape index (κ2) is 8.21. The number of hydrogen-bond acceptors (Lipinski definition) is 3. The normalized spacial score (nSPS) is 17.1. The molecule has 1 heterocycles. The van der Waals surface area contributed by atoms with Crippen LogP contribution in [0.2, 0.25) is 0 Å². The highest BCUT2D eigenvalue weighted by molar-refractivity contribution is 5.16. The SMILES string of the molecule is Cc1cnc(CN[C@@H](Cc2ccccc2)C2CCCCC2)cn1.